The van der Waals surface area contributed by atoms with Crippen molar-refractivity contribution in [1.82, 2.24) is 4.90 Å². The first-order valence-corrected chi connectivity index (χ1v) is 4.83. The summed E-state index contributed by atoms with van der Waals surface area (Å²) in [6.07, 6.45) is 2.84. The minimum absolute atomic E-state index is 0. The Morgan fingerprint density at radius 3 is 2.57 bits per heavy atom. The number of carboxylic acid groups (broad SMARTS) is 1. The van der Waals surface area contributed by atoms with E-state index in [0.29, 0.717) is 19.3 Å². The molecule has 4 nitrogen and oxygen atoms in total. The number of carboxylic acids is 1. The molecule has 2 heterocycles. The Balaban J connectivity index is 0.000000980. The third-order valence-electron chi connectivity index (χ3n) is 2.91. The average molecular weight is 207 g/mol. The van der Waals surface area contributed by atoms with E-state index in [9.17, 15) is 9.90 Å². The summed E-state index contributed by atoms with van der Waals surface area (Å²) in [5.41, 5.74) is 0. The van der Waals surface area contributed by atoms with Gasteiger partial charge in [-0.1, -0.05) is 6.42 Å². The molecule has 74 valence electrons. The number of piperidine rings is 1. The Bertz CT molecular complexity index is 208. The van der Waals surface area contributed by atoms with Crippen LogP contribution in [0.1, 0.15) is 19.3 Å². The molecule has 0 saturated carbocycles. The van der Waals surface area contributed by atoms with E-state index in [1.165, 1.54) is 0 Å². The standard InChI is InChI=1S/C9H15NO3.Na/c11-9(12)8-3-1-2-4-10(8)7-5-13-6-7;/h7-8H,1-6H2,(H,11,12);/q;+1/p-1. The van der Waals surface area contributed by atoms with E-state index >= 15 is 0 Å². The second-order valence-corrected chi connectivity index (χ2v) is 3.76. The number of aliphatic carboxylic acids is 1. The molecule has 0 aliphatic carbocycles. The number of rotatable bonds is 2. The van der Waals surface area contributed by atoms with E-state index < -0.39 is 5.97 Å². The molecule has 14 heavy (non-hydrogen) atoms. The summed E-state index contributed by atoms with van der Waals surface area (Å²) in [5.74, 6) is -0.924. The summed E-state index contributed by atoms with van der Waals surface area (Å²) in [5, 5.41) is 10.8. The Kier molecular flexibility index (Phi) is 4.87. The summed E-state index contributed by atoms with van der Waals surface area (Å²) in [6, 6.07) is -0.0501. The van der Waals surface area contributed by atoms with Gasteiger partial charge in [0.1, 0.15) is 0 Å². The predicted molar refractivity (Wildman–Crippen MR) is 44.0 cm³/mol. The summed E-state index contributed by atoms with van der Waals surface area (Å²) >= 11 is 0. The molecule has 0 aromatic heterocycles. The summed E-state index contributed by atoms with van der Waals surface area (Å²) < 4.78 is 5.06. The summed E-state index contributed by atoms with van der Waals surface area (Å²) in [6.45, 7) is 2.25. The van der Waals surface area contributed by atoms with E-state index in [1.807, 2.05) is 4.90 Å². The van der Waals surface area contributed by atoms with Gasteiger partial charge in [-0.2, -0.15) is 0 Å². The first-order chi connectivity index (χ1) is 6.29. The number of likely N-dealkylation sites (tertiary alicyclic amines) is 1. The smallest absolute Gasteiger partial charge is 0.548 e. The van der Waals surface area contributed by atoms with Crippen LogP contribution < -0.4 is 34.7 Å². The van der Waals surface area contributed by atoms with Gasteiger partial charge in [0.15, 0.2) is 0 Å². The molecule has 0 aromatic carbocycles. The molecular formula is C9H14NNaO3. The molecule has 0 radical (unpaired) electrons. The fourth-order valence-corrected chi connectivity index (χ4v) is 2.06. The van der Waals surface area contributed by atoms with E-state index in [0.717, 1.165) is 25.8 Å². The SMILES string of the molecule is O=C([O-])C1CCCCN1C1COC1.[Na+]. The van der Waals surface area contributed by atoms with Crippen LogP contribution in [-0.4, -0.2) is 42.7 Å². The molecule has 2 fully saturated rings. The number of hydrogen-bond donors (Lipinski definition) is 0. The third kappa shape index (κ3) is 2.49. The van der Waals surface area contributed by atoms with Gasteiger partial charge in [0.25, 0.3) is 0 Å². The average Bonchev–Trinajstić information content (AvgIpc) is 2.02. The largest absolute Gasteiger partial charge is 1.00 e. The molecule has 2 rings (SSSR count). The zero-order valence-electron chi connectivity index (χ0n) is 8.57. The Morgan fingerprint density at radius 1 is 1.36 bits per heavy atom. The topological polar surface area (TPSA) is 52.6 Å². The van der Waals surface area contributed by atoms with Crippen LogP contribution in [0.2, 0.25) is 0 Å². The summed E-state index contributed by atoms with van der Waals surface area (Å²) in [4.78, 5) is 12.8. The van der Waals surface area contributed by atoms with Crippen molar-refractivity contribution in [2.45, 2.75) is 31.3 Å². The molecule has 1 unspecified atom stereocenters. The van der Waals surface area contributed by atoms with Gasteiger partial charge >= 0.3 is 29.6 Å². The Morgan fingerprint density at radius 2 is 2.07 bits per heavy atom. The molecule has 0 bridgehead atoms. The van der Waals surface area contributed by atoms with Gasteiger partial charge in [-0.05, 0) is 19.4 Å². The first-order valence-electron chi connectivity index (χ1n) is 4.83. The minimum Gasteiger partial charge on any atom is -0.548 e. The van der Waals surface area contributed by atoms with Crippen molar-refractivity contribution >= 4 is 5.97 Å². The zero-order chi connectivity index (χ0) is 9.26. The van der Waals surface area contributed by atoms with Crippen LogP contribution in [0.5, 0.6) is 0 Å². The molecule has 0 N–H and O–H groups in total. The fourth-order valence-electron chi connectivity index (χ4n) is 2.06. The Hall–Kier alpha value is 0.390. The van der Waals surface area contributed by atoms with Crippen LogP contribution in [0.15, 0.2) is 0 Å². The normalized spacial score (nSPS) is 29.0. The van der Waals surface area contributed by atoms with Gasteiger partial charge in [-0.25, -0.2) is 0 Å². The number of ether oxygens (including phenoxy) is 1. The molecule has 5 heteroatoms. The van der Waals surface area contributed by atoms with E-state index in [1.54, 1.807) is 0 Å². The number of nitrogens with zero attached hydrogens (tertiary/aromatic N) is 1. The van der Waals surface area contributed by atoms with Crippen molar-refractivity contribution in [2.75, 3.05) is 19.8 Å². The van der Waals surface area contributed by atoms with Gasteiger partial charge in [0.2, 0.25) is 0 Å². The minimum atomic E-state index is -0.924. The quantitative estimate of drug-likeness (QED) is 0.433. The molecule has 0 spiro atoms. The van der Waals surface area contributed by atoms with Crippen molar-refractivity contribution in [3.8, 4) is 0 Å². The van der Waals surface area contributed by atoms with Crippen molar-refractivity contribution < 1.29 is 44.2 Å². The monoisotopic (exact) mass is 207 g/mol. The zero-order valence-corrected chi connectivity index (χ0v) is 10.6. The van der Waals surface area contributed by atoms with Crippen LogP contribution in [-0.2, 0) is 9.53 Å². The maximum atomic E-state index is 10.8. The molecule has 2 saturated heterocycles. The second-order valence-electron chi connectivity index (χ2n) is 3.76. The molecule has 0 aromatic rings. The van der Waals surface area contributed by atoms with Crippen LogP contribution in [0.4, 0.5) is 0 Å². The van der Waals surface area contributed by atoms with Gasteiger partial charge in [0.05, 0.1) is 25.2 Å². The molecule has 2 aliphatic heterocycles. The number of carbonyl (C=O) groups excluding carboxylic acids is 1. The molecule has 2 aliphatic rings. The third-order valence-corrected chi connectivity index (χ3v) is 2.91. The van der Waals surface area contributed by atoms with Crippen molar-refractivity contribution in [3.05, 3.63) is 0 Å². The summed E-state index contributed by atoms with van der Waals surface area (Å²) in [7, 11) is 0. The Labute approximate surface area is 106 Å². The maximum Gasteiger partial charge on any atom is 1.00 e. The van der Waals surface area contributed by atoms with E-state index in [2.05, 4.69) is 0 Å². The van der Waals surface area contributed by atoms with Crippen LogP contribution in [0.3, 0.4) is 0 Å². The van der Waals surface area contributed by atoms with E-state index in [-0.39, 0.29) is 35.6 Å². The van der Waals surface area contributed by atoms with Gasteiger partial charge in [0, 0.05) is 6.04 Å². The second kappa shape index (κ2) is 5.47. The molecule has 0 amide bonds. The van der Waals surface area contributed by atoms with E-state index in [4.69, 9.17) is 4.74 Å². The van der Waals surface area contributed by atoms with Crippen molar-refractivity contribution in [1.29, 1.82) is 0 Å². The predicted octanol–water partition coefficient (Wildman–Crippen LogP) is -4.01. The van der Waals surface area contributed by atoms with Gasteiger partial charge < -0.3 is 14.6 Å². The van der Waals surface area contributed by atoms with Gasteiger partial charge in [-0.3, -0.25) is 4.90 Å². The molecule has 1 atom stereocenters. The first kappa shape index (κ1) is 12.5. The van der Waals surface area contributed by atoms with Crippen LogP contribution in [0.25, 0.3) is 0 Å². The van der Waals surface area contributed by atoms with Crippen LogP contribution >= 0.6 is 0 Å². The fraction of sp³-hybridized carbons (Fsp3) is 0.889. The maximum absolute atomic E-state index is 10.8. The van der Waals surface area contributed by atoms with Crippen molar-refractivity contribution in [2.24, 2.45) is 0 Å². The van der Waals surface area contributed by atoms with Crippen LogP contribution in [0, 0.1) is 0 Å². The molecular weight excluding hydrogens is 193 g/mol. The van der Waals surface area contributed by atoms with Gasteiger partial charge in [-0.15, -0.1) is 0 Å². The number of hydrogen-bond acceptors (Lipinski definition) is 4. The number of carbonyl (C=O) groups is 1. The van der Waals surface area contributed by atoms with Crippen molar-refractivity contribution in [3.63, 3.8) is 0 Å².